The zero-order valence-electron chi connectivity index (χ0n) is 15.4. The van der Waals surface area contributed by atoms with Crippen molar-refractivity contribution in [3.63, 3.8) is 0 Å². The average Bonchev–Trinajstić information content (AvgIpc) is 2.59. The summed E-state index contributed by atoms with van der Waals surface area (Å²) in [7, 11) is -2.03. The highest BCUT2D eigenvalue weighted by atomic mass is 32.2. The van der Waals surface area contributed by atoms with Gasteiger partial charge in [0.05, 0.1) is 23.6 Å². The summed E-state index contributed by atoms with van der Waals surface area (Å²) in [5, 5.41) is 2.82. The molecule has 0 aliphatic carbocycles. The van der Waals surface area contributed by atoms with Crippen LogP contribution in [-0.2, 0) is 16.6 Å². The first kappa shape index (κ1) is 19.8. The summed E-state index contributed by atoms with van der Waals surface area (Å²) in [6.07, 6.45) is 1.20. The zero-order chi connectivity index (χ0) is 19.3. The highest BCUT2D eigenvalue weighted by Gasteiger charge is 2.19. The third-order valence-electron chi connectivity index (χ3n) is 3.73. The van der Waals surface area contributed by atoms with Gasteiger partial charge in [0.25, 0.3) is 5.91 Å². The van der Waals surface area contributed by atoms with Gasteiger partial charge in [0.1, 0.15) is 5.75 Å². The minimum absolute atomic E-state index is 0.101. The number of nitrogens with zero attached hydrogens (tertiary/aromatic N) is 1. The van der Waals surface area contributed by atoms with Gasteiger partial charge >= 0.3 is 0 Å². The molecule has 7 heteroatoms. The van der Waals surface area contributed by atoms with Crippen molar-refractivity contribution in [2.75, 3.05) is 17.6 Å². The normalized spacial score (nSPS) is 11.3. The van der Waals surface area contributed by atoms with Crippen molar-refractivity contribution in [3.05, 3.63) is 59.7 Å². The molecule has 140 valence electrons. The van der Waals surface area contributed by atoms with Gasteiger partial charge < -0.3 is 10.1 Å². The summed E-state index contributed by atoms with van der Waals surface area (Å²) in [4.78, 5) is 12.5. The van der Waals surface area contributed by atoms with E-state index in [1.165, 1.54) is 7.05 Å². The molecule has 0 aliphatic rings. The van der Waals surface area contributed by atoms with Crippen LogP contribution >= 0.6 is 0 Å². The molecule has 2 aromatic carbocycles. The van der Waals surface area contributed by atoms with E-state index >= 15 is 0 Å². The highest BCUT2D eigenvalue weighted by Crippen LogP contribution is 2.21. The molecule has 0 fully saturated rings. The van der Waals surface area contributed by atoms with Gasteiger partial charge in [0.15, 0.2) is 0 Å². The van der Waals surface area contributed by atoms with Crippen LogP contribution in [0.5, 0.6) is 5.75 Å². The Morgan fingerprint density at radius 1 is 1.12 bits per heavy atom. The number of hydrogen-bond acceptors (Lipinski definition) is 4. The van der Waals surface area contributed by atoms with E-state index in [2.05, 4.69) is 5.32 Å². The predicted molar refractivity (Wildman–Crippen MR) is 103 cm³/mol. The number of amides is 1. The Labute approximate surface area is 154 Å². The van der Waals surface area contributed by atoms with Crippen LogP contribution in [0, 0.1) is 0 Å². The SMILES string of the molecule is CC(C)Oc1ccc(CNC(=O)c2ccccc2N(C)S(C)(=O)=O)cc1. The summed E-state index contributed by atoms with van der Waals surface area (Å²) in [5.41, 5.74) is 1.57. The monoisotopic (exact) mass is 376 g/mol. The second-order valence-electron chi connectivity index (χ2n) is 6.24. The third kappa shape index (κ3) is 5.23. The van der Waals surface area contributed by atoms with Crippen LogP contribution in [0.15, 0.2) is 48.5 Å². The Bertz CT molecular complexity index is 861. The molecule has 0 bridgehead atoms. The predicted octanol–water partition coefficient (Wildman–Crippen LogP) is 2.80. The maximum atomic E-state index is 12.5. The number of sulfonamides is 1. The van der Waals surface area contributed by atoms with E-state index in [0.717, 1.165) is 21.9 Å². The Kier molecular flexibility index (Phi) is 6.26. The second-order valence-corrected chi connectivity index (χ2v) is 8.25. The van der Waals surface area contributed by atoms with Crippen molar-refractivity contribution < 1.29 is 17.9 Å². The summed E-state index contributed by atoms with van der Waals surface area (Å²) in [5.74, 6) is 0.439. The lowest BCUT2D eigenvalue weighted by Crippen LogP contribution is -2.29. The van der Waals surface area contributed by atoms with Crippen LogP contribution in [-0.4, -0.2) is 33.7 Å². The lowest BCUT2D eigenvalue weighted by molar-refractivity contribution is 0.0951. The van der Waals surface area contributed by atoms with Crippen molar-refractivity contribution in [2.45, 2.75) is 26.5 Å². The molecular formula is C19H24N2O4S. The summed E-state index contributed by atoms with van der Waals surface area (Å²) >= 11 is 0. The molecular weight excluding hydrogens is 352 g/mol. The molecule has 1 amide bonds. The number of para-hydroxylation sites is 1. The van der Waals surface area contributed by atoms with Gasteiger partial charge in [-0.3, -0.25) is 9.10 Å². The zero-order valence-corrected chi connectivity index (χ0v) is 16.2. The second kappa shape index (κ2) is 8.23. The number of carbonyl (C=O) groups is 1. The molecule has 0 atom stereocenters. The lowest BCUT2D eigenvalue weighted by Gasteiger charge is -2.19. The molecule has 0 spiro atoms. The van der Waals surface area contributed by atoms with Crippen molar-refractivity contribution in [2.24, 2.45) is 0 Å². The smallest absolute Gasteiger partial charge is 0.253 e. The first-order valence-electron chi connectivity index (χ1n) is 8.25. The van der Waals surface area contributed by atoms with Gasteiger partial charge in [-0.2, -0.15) is 0 Å². The van der Waals surface area contributed by atoms with Gasteiger partial charge in [-0.15, -0.1) is 0 Å². The van der Waals surface area contributed by atoms with Crippen LogP contribution in [0.4, 0.5) is 5.69 Å². The quantitative estimate of drug-likeness (QED) is 0.806. The molecule has 0 saturated carbocycles. The molecule has 2 rings (SSSR count). The van der Waals surface area contributed by atoms with E-state index in [0.29, 0.717) is 17.8 Å². The van der Waals surface area contributed by atoms with E-state index in [4.69, 9.17) is 4.74 Å². The Hall–Kier alpha value is -2.54. The summed E-state index contributed by atoms with van der Waals surface area (Å²) in [6, 6.07) is 14.1. The lowest BCUT2D eigenvalue weighted by atomic mass is 10.1. The fraction of sp³-hybridized carbons (Fsp3) is 0.316. The standard InChI is InChI=1S/C19H24N2O4S/c1-14(2)25-16-11-9-15(10-12-16)13-20-19(22)17-7-5-6-8-18(17)21(3)26(4,23)24/h5-12,14H,13H2,1-4H3,(H,20,22). The molecule has 26 heavy (non-hydrogen) atoms. The van der Waals surface area contributed by atoms with Gasteiger partial charge in [-0.05, 0) is 43.7 Å². The van der Waals surface area contributed by atoms with Crippen LogP contribution < -0.4 is 14.4 Å². The fourth-order valence-corrected chi connectivity index (χ4v) is 2.87. The molecule has 0 aliphatic heterocycles. The highest BCUT2D eigenvalue weighted by molar-refractivity contribution is 7.92. The van der Waals surface area contributed by atoms with E-state index in [-0.39, 0.29) is 12.0 Å². The molecule has 1 N–H and O–H groups in total. The fourth-order valence-electron chi connectivity index (χ4n) is 2.35. The van der Waals surface area contributed by atoms with E-state index < -0.39 is 10.0 Å². The first-order chi connectivity index (χ1) is 12.2. The van der Waals surface area contributed by atoms with Crippen LogP contribution in [0.25, 0.3) is 0 Å². The molecule has 0 radical (unpaired) electrons. The van der Waals surface area contributed by atoms with Gasteiger partial charge in [0.2, 0.25) is 10.0 Å². The van der Waals surface area contributed by atoms with Crippen LogP contribution in [0.1, 0.15) is 29.8 Å². The summed E-state index contributed by atoms with van der Waals surface area (Å²) in [6.45, 7) is 4.25. The molecule has 6 nitrogen and oxygen atoms in total. The number of carbonyl (C=O) groups excluding carboxylic acids is 1. The van der Waals surface area contributed by atoms with Gasteiger partial charge in [-0.25, -0.2) is 8.42 Å². The number of hydrogen-bond donors (Lipinski definition) is 1. The number of benzene rings is 2. The minimum Gasteiger partial charge on any atom is -0.491 e. The minimum atomic E-state index is -3.45. The number of ether oxygens (including phenoxy) is 1. The molecule has 0 heterocycles. The Morgan fingerprint density at radius 2 is 1.73 bits per heavy atom. The topological polar surface area (TPSA) is 75.7 Å². The van der Waals surface area contributed by atoms with Gasteiger partial charge in [0, 0.05) is 13.6 Å². The number of rotatable bonds is 7. The summed E-state index contributed by atoms with van der Waals surface area (Å²) < 4.78 is 30.2. The number of nitrogens with one attached hydrogen (secondary N) is 1. The van der Waals surface area contributed by atoms with Gasteiger partial charge in [-0.1, -0.05) is 24.3 Å². The van der Waals surface area contributed by atoms with Crippen LogP contribution in [0.3, 0.4) is 0 Å². The van der Waals surface area contributed by atoms with Crippen molar-refractivity contribution in [1.29, 1.82) is 0 Å². The number of anilines is 1. The van der Waals surface area contributed by atoms with Crippen LogP contribution in [0.2, 0.25) is 0 Å². The Balaban J connectivity index is 2.09. The van der Waals surface area contributed by atoms with E-state index in [1.807, 2.05) is 38.1 Å². The van der Waals surface area contributed by atoms with Crippen molar-refractivity contribution in [3.8, 4) is 5.75 Å². The molecule has 0 unspecified atom stereocenters. The molecule has 2 aromatic rings. The largest absolute Gasteiger partial charge is 0.491 e. The Morgan fingerprint density at radius 3 is 2.31 bits per heavy atom. The molecule has 0 saturated heterocycles. The van der Waals surface area contributed by atoms with E-state index in [9.17, 15) is 13.2 Å². The first-order valence-corrected chi connectivity index (χ1v) is 10.1. The maximum absolute atomic E-state index is 12.5. The third-order valence-corrected chi connectivity index (χ3v) is 4.93. The maximum Gasteiger partial charge on any atom is 0.253 e. The van der Waals surface area contributed by atoms with Crippen molar-refractivity contribution >= 4 is 21.6 Å². The molecule has 0 aromatic heterocycles. The average molecular weight is 376 g/mol. The van der Waals surface area contributed by atoms with Crippen molar-refractivity contribution in [1.82, 2.24) is 5.32 Å². The van der Waals surface area contributed by atoms with E-state index in [1.54, 1.807) is 24.3 Å².